The van der Waals surface area contributed by atoms with Gasteiger partial charge < -0.3 is 10.1 Å². The van der Waals surface area contributed by atoms with Crippen LogP contribution in [0.15, 0.2) is 35.9 Å². The summed E-state index contributed by atoms with van der Waals surface area (Å²) < 4.78 is 18.3. The summed E-state index contributed by atoms with van der Waals surface area (Å²) in [4.78, 5) is 11.9. The van der Waals surface area contributed by atoms with E-state index in [0.29, 0.717) is 12.3 Å². The van der Waals surface area contributed by atoms with Gasteiger partial charge in [0.15, 0.2) is 6.10 Å². The van der Waals surface area contributed by atoms with Crippen LogP contribution in [0, 0.1) is 5.82 Å². The van der Waals surface area contributed by atoms with Gasteiger partial charge in [-0.3, -0.25) is 4.79 Å². The number of amides is 1. The van der Waals surface area contributed by atoms with Crippen LogP contribution in [-0.4, -0.2) is 18.6 Å². The van der Waals surface area contributed by atoms with Crippen LogP contribution in [0.1, 0.15) is 39.0 Å². The van der Waals surface area contributed by atoms with Gasteiger partial charge in [0, 0.05) is 6.54 Å². The number of halogens is 1. The first-order chi connectivity index (χ1) is 10.1. The normalized spacial score (nSPS) is 16.0. The zero-order chi connectivity index (χ0) is 15.1. The molecule has 0 bridgehead atoms. The van der Waals surface area contributed by atoms with Crippen molar-refractivity contribution in [2.24, 2.45) is 0 Å². The smallest absolute Gasteiger partial charge is 0.260 e. The predicted octanol–water partition coefficient (Wildman–Crippen LogP) is 3.60. The fraction of sp³-hybridized carbons (Fsp3) is 0.471. The van der Waals surface area contributed by atoms with Gasteiger partial charge in [0.2, 0.25) is 0 Å². The second-order valence-electron chi connectivity index (χ2n) is 5.36. The van der Waals surface area contributed by atoms with E-state index >= 15 is 0 Å². The van der Waals surface area contributed by atoms with Crippen LogP contribution in [0.3, 0.4) is 0 Å². The van der Waals surface area contributed by atoms with E-state index in [1.54, 1.807) is 6.92 Å². The molecule has 4 heteroatoms. The number of hydrogen-bond donors (Lipinski definition) is 1. The van der Waals surface area contributed by atoms with Crippen LogP contribution < -0.4 is 10.1 Å². The summed E-state index contributed by atoms with van der Waals surface area (Å²) in [5.41, 5.74) is 1.44. The first kappa shape index (κ1) is 15.5. The van der Waals surface area contributed by atoms with Gasteiger partial charge in [-0.15, -0.1) is 0 Å². The first-order valence-electron chi connectivity index (χ1n) is 7.53. The van der Waals surface area contributed by atoms with Gasteiger partial charge in [0.05, 0.1) is 0 Å². The Kier molecular flexibility index (Phi) is 5.78. The maximum absolute atomic E-state index is 12.8. The standard InChI is InChI=1S/C17H22FNO2/c1-13(21-16-9-7-15(18)8-10-16)17(20)19-12-11-14-5-3-2-4-6-14/h5,7-10,13H,2-4,6,11-12H2,1H3,(H,19,20)/t13-/m0/s1. The van der Waals surface area contributed by atoms with Gasteiger partial charge in [-0.1, -0.05) is 11.6 Å². The molecule has 0 spiro atoms. The molecule has 0 heterocycles. The number of allylic oxidation sites excluding steroid dienone is 1. The van der Waals surface area contributed by atoms with Crippen LogP contribution in [0.4, 0.5) is 4.39 Å². The van der Waals surface area contributed by atoms with Crippen LogP contribution >= 0.6 is 0 Å². The van der Waals surface area contributed by atoms with E-state index in [1.807, 2.05) is 0 Å². The molecule has 114 valence electrons. The van der Waals surface area contributed by atoms with E-state index in [4.69, 9.17) is 4.74 Å². The topological polar surface area (TPSA) is 38.3 Å². The third-order valence-corrected chi connectivity index (χ3v) is 3.63. The second-order valence-corrected chi connectivity index (χ2v) is 5.36. The Balaban J connectivity index is 1.72. The summed E-state index contributed by atoms with van der Waals surface area (Å²) in [6, 6.07) is 5.67. The SMILES string of the molecule is C[C@H](Oc1ccc(F)cc1)C(=O)NCCC1=CCCCC1. The third-order valence-electron chi connectivity index (χ3n) is 3.63. The molecule has 1 atom stereocenters. The zero-order valence-corrected chi connectivity index (χ0v) is 12.4. The molecule has 1 aromatic rings. The van der Waals surface area contributed by atoms with E-state index in [0.717, 1.165) is 19.3 Å². The molecule has 0 unspecified atom stereocenters. The summed E-state index contributed by atoms with van der Waals surface area (Å²) in [5, 5.41) is 2.88. The van der Waals surface area contributed by atoms with Crippen LogP contribution in [0.25, 0.3) is 0 Å². The largest absolute Gasteiger partial charge is 0.481 e. The molecule has 1 aliphatic rings. The molecule has 1 N–H and O–H groups in total. The van der Waals surface area contributed by atoms with Crippen molar-refractivity contribution in [3.63, 3.8) is 0 Å². The fourth-order valence-electron chi connectivity index (χ4n) is 2.39. The van der Waals surface area contributed by atoms with Gasteiger partial charge in [-0.25, -0.2) is 4.39 Å². The highest BCUT2D eigenvalue weighted by molar-refractivity contribution is 5.80. The van der Waals surface area contributed by atoms with Gasteiger partial charge in [-0.05, 0) is 63.3 Å². The third kappa shape index (κ3) is 5.21. The summed E-state index contributed by atoms with van der Waals surface area (Å²) in [6.07, 6.45) is 7.45. The highest BCUT2D eigenvalue weighted by Crippen LogP contribution is 2.19. The molecule has 1 amide bonds. The molecule has 21 heavy (non-hydrogen) atoms. The molecule has 0 radical (unpaired) electrons. The van der Waals surface area contributed by atoms with E-state index in [9.17, 15) is 9.18 Å². The molecule has 0 saturated carbocycles. The maximum atomic E-state index is 12.8. The number of rotatable bonds is 6. The number of benzene rings is 1. The van der Waals surface area contributed by atoms with Crippen molar-refractivity contribution in [1.82, 2.24) is 5.32 Å². The summed E-state index contributed by atoms with van der Waals surface area (Å²) in [7, 11) is 0. The van der Waals surface area contributed by atoms with Crippen molar-refractivity contribution in [1.29, 1.82) is 0 Å². The minimum absolute atomic E-state index is 0.143. The molecule has 1 aromatic carbocycles. The van der Waals surface area contributed by atoms with Crippen LogP contribution in [0.2, 0.25) is 0 Å². The van der Waals surface area contributed by atoms with Crippen molar-refractivity contribution < 1.29 is 13.9 Å². The fourth-order valence-corrected chi connectivity index (χ4v) is 2.39. The Labute approximate surface area is 125 Å². The molecule has 0 aliphatic heterocycles. The zero-order valence-electron chi connectivity index (χ0n) is 12.4. The lowest BCUT2D eigenvalue weighted by molar-refractivity contribution is -0.127. The van der Waals surface area contributed by atoms with Gasteiger partial charge in [-0.2, -0.15) is 0 Å². The molecule has 0 fully saturated rings. The summed E-state index contributed by atoms with van der Waals surface area (Å²) in [5.74, 6) is 0.0324. The lowest BCUT2D eigenvalue weighted by Gasteiger charge is -2.16. The molecule has 1 aliphatic carbocycles. The molecule has 2 rings (SSSR count). The second kappa shape index (κ2) is 7.81. The minimum atomic E-state index is -0.587. The first-order valence-corrected chi connectivity index (χ1v) is 7.53. The highest BCUT2D eigenvalue weighted by atomic mass is 19.1. The number of ether oxygens (including phenoxy) is 1. The average Bonchev–Trinajstić information content (AvgIpc) is 2.50. The van der Waals surface area contributed by atoms with Crippen molar-refractivity contribution >= 4 is 5.91 Å². The average molecular weight is 291 g/mol. The van der Waals surface area contributed by atoms with Crippen LogP contribution in [0.5, 0.6) is 5.75 Å². The van der Waals surface area contributed by atoms with E-state index in [1.165, 1.54) is 42.7 Å². The Morgan fingerprint density at radius 1 is 1.33 bits per heavy atom. The molecule has 0 saturated heterocycles. The lowest BCUT2D eigenvalue weighted by atomic mass is 9.97. The summed E-state index contributed by atoms with van der Waals surface area (Å²) in [6.45, 7) is 2.33. The van der Waals surface area contributed by atoms with Crippen molar-refractivity contribution in [3.05, 3.63) is 41.7 Å². The maximum Gasteiger partial charge on any atom is 0.260 e. The molecule has 3 nitrogen and oxygen atoms in total. The van der Waals surface area contributed by atoms with Gasteiger partial charge >= 0.3 is 0 Å². The quantitative estimate of drug-likeness (QED) is 0.813. The van der Waals surface area contributed by atoms with E-state index in [2.05, 4.69) is 11.4 Å². The lowest BCUT2D eigenvalue weighted by Crippen LogP contribution is -2.36. The minimum Gasteiger partial charge on any atom is -0.481 e. The van der Waals surface area contributed by atoms with E-state index < -0.39 is 6.10 Å². The number of hydrogen-bond acceptors (Lipinski definition) is 2. The Bertz CT molecular complexity index is 496. The van der Waals surface area contributed by atoms with Crippen molar-refractivity contribution in [2.75, 3.05) is 6.54 Å². The highest BCUT2D eigenvalue weighted by Gasteiger charge is 2.14. The van der Waals surface area contributed by atoms with Crippen LogP contribution in [-0.2, 0) is 4.79 Å². The van der Waals surface area contributed by atoms with Crippen molar-refractivity contribution in [2.45, 2.75) is 45.1 Å². The molecular formula is C17H22FNO2. The van der Waals surface area contributed by atoms with Crippen molar-refractivity contribution in [3.8, 4) is 5.75 Å². The number of carbonyl (C=O) groups is 1. The van der Waals surface area contributed by atoms with Gasteiger partial charge in [0.25, 0.3) is 5.91 Å². The van der Waals surface area contributed by atoms with Gasteiger partial charge in [0.1, 0.15) is 11.6 Å². The Morgan fingerprint density at radius 3 is 2.76 bits per heavy atom. The monoisotopic (exact) mass is 291 g/mol. The number of nitrogens with one attached hydrogen (secondary N) is 1. The predicted molar refractivity (Wildman–Crippen MR) is 80.7 cm³/mol. The molecule has 0 aromatic heterocycles. The Morgan fingerprint density at radius 2 is 2.10 bits per heavy atom. The summed E-state index contributed by atoms with van der Waals surface area (Å²) >= 11 is 0. The number of carbonyl (C=O) groups excluding carboxylic acids is 1. The van der Waals surface area contributed by atoms with E-state index in [-0.39, 0.29) is 11.7 Å². The molecular weight excluding hydrogens is 269 g/mol. The Hall–Kier alpha value is -1.84.